The van der Waals surface area contributed by atoms with Crippen molar-refractivity contribution in [1.82, 2.24) is 15.5 Å². The van der Waals surface area contributed by atoms with Gasteiger partial charge >= 0.3 is 0 Å². The summed E-state index contributed by atoms with van der Waals surface area (Å²) in [7, 11) is 0. The minimum atomic E-state index is -0.342. The molecule has 0 spiro atoms. The Labute approximate surface area is 165 Å². The molecule has 6 nitrogen and oxygen atoms in total. The fraction of sp³-hybridized carbons (Fsp3) is 0.421. The fourth-order valence-corrected chi connectivity index (χ4v) is 4.94. The number of nitrogens with zero attached hydrogens (tertiary/aromatic N) is 2. The molecular formula is C19H21N3O3S2. The minimum absolute atomic E-state index is 0.100. The predicted molar refractivity (Wildman–Crippen MR) is 105 cm³/mol. The fourth-order valence-electron chi connectivity index (χ4n) is 3.10. The molecule has 0 radical (unpaired) electrons. The molecule has 2 atom stereocenters. The highest BCUT2D eigenvalue weighted by atomic mass is 32.2. The molecule has 0 fully saturated rings. The van der Waals surface area contributed by atoms with Crippen LogP contribution in [0.5, 0.6) is 0 Å². The number of thiophene rings is 1. The van der Waals surface area contributed by atoms with Gasteiger partial charge in [-0.2, -0.15) is 0 Å². The number of carbonyl (C=O) groups is 1. The zero-order valence-corrected chi connectivity index (χ0v) is 16.9. The molecule has 3 heterocycles. The third kappa shape index (κ3) is 4.27. The molecule has 0 aromatic carbocycles. The molecule has 8 heteroatoms. The first-order chi connectivity index (χ1) is 13.1. The van der Waals surface area contributed by atoms with Crippen molar-refractivity contribution < 1.29 is 13.6 Å². The highest BCUT2D eigenvalue weighted by Crippen LogP contribution is 2.37. The van der Waals surface area contributed by atoms with E-state index in [-0.39, 0.29) is 11.2 Å². The van der Waals surface area contributed by atoms with E-state index in [1.165, 1.54) is 28.6 Å². The first-order valence-electron chi connectivity index (χ1n) is 9.00. The maximum atomic E-state index is 12.2. The van der Waals surface area contributed by atoms with Crippen molar-refractivity contribution in [2.75, 3.05) is 0 Å². The lowest BCUT2D eigenvalue weighted by atomic mass is 9.90. The Morgan fingerprint density at radius 3 is 3.19 bits per heavy atom. The van der Waals surface area contributed by atoms with Gasteiger partial charge in [0.2, 0.25) is 5.91 Å². The first-order valence-corrected chi connectivity index (χ1v) is 10.7. The van der Waals surface area contributed by atoms with Gasteiger partial charge in [0.1, 0.15) is 5.76 Å². The number of aromatic nitrogens is 2. The van der Waals surface area contributed by atoms with Gasteiger partial charge in [0.05, 0.1) is 22.9 Å². The van der Waals surface area contributed by atoms with Crippen LogP contribution in [0.3, 0.4) is 0 Å². The van der Waals surface area contributed by atoms with Gasteiger partial charge in [0.15, 0.2) is 0 Å². The van der Waals surface area contributed by atoms with E-state index >= 15 is 0 Å². The second-order valence-electron chi connectivity index (χ2n) is 6.84. The van der Waals surface area contributed by atoms with Crippen LogP contribution in [0.1, 0.15) is 36.5 Å². The maximum absolute atomic E-state index is 12.2. The largest absolute Gasteiger partial charge is 0.467 e. The van der Waals surface area contributed by atoms with E-state index in [0.29, 0.717) is 17.7 Å². The lowest BCUT2D eigenvalue weighted by molar-refractivity contribution is -0.120. The number of rotatable bonds is 6. The minimum Gasteiger partial charge on any atom is -0.467 e. The predicted octanol–water partition coefficient (Wildman–Crippen LogP) is 4.31. The summed E-state index contributed by atoms with van der Waals surface area (Å²) in [6.45, 7) is 4.47. The van der Waals surface area contributed by atoms with Crippen LogP contribution >= 0.6 is 23.1 Å². The van der Waals surface area contributed by atoms with Crippen LogP contribution < -0.4 is 5.32 Å². The van der Waals surface area contributed by atoms with Crippen molar-refractivity contribution in [3.05, 3.63) is 40.7 Å². The second kappa shape index (κ2) is 7.90. The molecular weight excluding hydrogens is 382 g/mol. The Kier molecular flexibility index (Phi) is 5.36. The van der Waals surface area contributed by atoms with E-state index in [4.69, 9.17) is 8.83 Å². The second-order valence-corrected chi connectivity index (χ2v) is 9.27. The monoisotopic (exact) mass is 403 g/mol. The van der Waals surface area contributed by atoms with Crippen LogP contribution in [-0.2, 0) is 24.2 Å². The molecule has 0 saturated carbocycles. The van der Waals surface area contributed by atoms with Gasteiger partial charge in [-0.05, 0) is 55.9 Å². The van der Waals surface area contributed by atoms with Gasteiger partial charge in [0.25, 0.3) is 11.1 Å². The lowest BCUT2D eigenvalue weighted by Gasteiger charge is -2.16. The number of nitrogens with one attached hydrogen (secondary N) is 1. The maximum Gasteiger partial charge on any atom is 0.277 e. The van der Waals surface area contributed by atoms with E-state index in [1.807, 2.05) is 13.0 Å². The van der Waals surface area contributed by atoms with Crippen LogP contribution in [0.4, 0.5) is 0 Å². The topological polar surface area (TPSA) is 81.2 Å². The normalized spacial score (nSPS) is 17.5. The van der Waals surface area contributed by atoms with Gasteiger partial charge < -0.3 is 14.2 Å². The summed E-state index contributed by atoms with van der Waals surface area (Å²) < 4.78 is 11.0. The number of fused-ring (bicyclic) bond motifs is 1. The van der Waals surface area contributed by atoms with Gasteiger partial charge in [-0.1, -0.05) is 18.7 Å². The highest BCUT2D eigenvalue weighted by molar-refractivity contribution is 8.00. The summed E-state index contributed by atoms with van der Waals surface area (Å²) >= 11 is 3.00. The van der Waals surface area contributed by atoms with Crippen LogP contribution in [-0.4, -0.2) is 21.4 Å². The Morgan fingerprint density at radius 2 is 2.37 bits per heavy atom. The number of furan rings is 1. The third-order valence-corrected chi connectivity index (χ3v) is 6.77. The van der Waals surface area contributed by atoms with E-state index in [1.54, 1.807) is 23.7 Å². The molecule has 0 unspecified atom stereocenters. The molecule has 4 rings (SSSR count). The van der Waals surface area contributed by atoms with Crippen molar-refractivity contribution in [2.24, 2.45) is 5.92 Å². The summed E-state index contributed by atoms with van der Waals surface area (Å²) in [5.74, 6) is 1.88. The Hall–Kier alpha value is -2.06. The first kappa shape index (κ1) is 18.3. The van der Waals surface area contributed by atoms with Gasteiger partial charge in [0, 0.05) is 4.88 Å². The van der Waals surface area contributed by atoms with Gasteiger partial charge in [-0.3, -0.25) is 4.79 Å². The summed E-state index contributed by atoms with van der Waals surface area (Å²) in [5, 5.41) is 11.2. The Bertz CT molecular complexity index is 917. The number of aryl methyl sites for hydroxylation is 1. The zero-order chi connectivity index (χ0) is 18.8. The van der Waals surface area contributed by atoms with Gasteiger partial charge in [-0.25, -0.2) is 0 Å². The Morgan fingerprint density at radius 1 is 1.48 bits per heavy atom. The van der Waals surface area contributed by atoms with Crippen LogP contribution in [0.15, 0.2) is 38.5 Å². The van der Waals surface area contributed by atoms with Crippen molar-refractivity contribution in [3.8, 4) is 10.8 Å². The molecule has 142 valence electrons. The number of amides is 1. The number of hydrogen-bond acceptors (Lipinski definition) is 7. The molecule has 0 aliphatic heterocycles. The van der Waals surface area contributed by atoms with E-state index in [0.717, 1.165) is 29.4 Å². The number of carbonyl (C=O) groups excluding carboxylic acids is 1. The van der Waals surface area contributed by atoms with Crippen molar-refractivity contribution in [1.29, 1.82) is 0 Å². The molecule has 3 aromatic heterocycles. The third-order valence-electron chi connectivity index (χ3n) is 4.61. The lowest BCUT2D eigenvalue weighted by Crippen LogP contribution is -2.30. The molecule has 27 heavy (non-hydrogen) atoms. The van der Waals surface area contributed by atoms with Crippen molar-refractivity contribution >= 4 is 29.0 Å². The smallest absolute Gasteiger partial charge is 0.277 e. The number of thioether (sulfide) groups is 1. The average molecular weight is 404 g/mol. The molecule has 1 N–H and O–H groups in total. The van der Waals surface area contributed by atoms with Crippen molar-refractivity contribution in [3.63, 3.8) is 0 Å². The van der Waals surface area contributed by atoms with Crippen LogP contribution in [0, 0.1) is 5.92 Å². The van der Waals surface area contributed by atoms with E-state index in [2.05, 4.69) is 28.5 Å². The van der Waals surface area contributed by atoms with Gasteiger partial charge in [-0.15, -0.1) is 21.5 Å². The molecule has 1 amide bonds. The standard InChI is InChI=1S/C19H21N3O3S2/c1-11-5-6-15-13(8-11)9-16(27-15)18-21-22-19(25-18)26-12(2)17(23)20-10-14-4-3-7-24-14/h3-4,7,9,11-12H,5-6,8,10H2,1-2H3,(H,20,23)/t11-,12+/m0/s1. The average Bonchev–Trinajstić information content (AvgIpc) is 3.39. The quantitative estimate of drug-likeness (QED) is 0.618. The molecule has 0 bridgehead atoms. The van der Waals surface area contributed by atoms with E-state index < -0.39 is 0 Å². The van der Waals surface area contributed by atoms with E-state index in [9.17, 15) is 4.79 Å². The van der Waals surface area contributed by atoms with Crippen LogP contribution in [0.2, 0.25) is 0 Å². The molecule has 0 saturated heterocycles. The SMILES string of the molecule is C[C@H]1CCc2sc(-c3nnc(S[C@H](C)C(=O)NCc4ccco4)o3)cc2C1. The summed E-state index contributed by atoms with van der Waals surface area (Å²) in [4.78, 5) is 14.7. The van der Waals surface area contributed by atoms with Crippen molar-refractivity contribution in [2.45, 2.75) is 50.1 Å². The summed E-state index contributed by atoms with van der Waals surface area (Å²) in [6, 6.07) is 5.80. The highest BCUT2D eigenvalue weighted by Gasteiger charge is 2.22. The molecule has 1 aliphatic carbocycles. The van der Waals surface area contributed by atoms with Crippen LogP contribution in [0.25, 0.3) is 10.8 Å². The summed E-state index contributed by atoms with van der Waals surface area (Å²) in [6.07, 6.45) is 5.07. The molecule has 1 aliphatic rings. The number of hydrogen-bond donors (Lipinski definition) is 1. The summed E-state index contributed by atoms with van der Waals surface area (Å²) in [5.41, 5.74) is 1.41. The zero-order valence-electron chi connectivity index (χ0n) is 15.2. The Balaban J connectivity index is 1.37. The molecule has 3 aromatic rings.